The first-order valence-electron chi connectivity index (χ1n) is 15.9. The highest BCUT2D eigenvalue weighted by molar-refractivity contribution is 7.15. The Morgan fingerprint density at radius 1 is 1.02 bits per heavy atom. The summed E-state index contributed by atoms with van der Waals surface area (Å²) in [4.78, 5) is 28.1. The number of rotatable bonds is 6. The highest BCUT2D eigenvalue weighted by Crippen LogP contribution is 2.46. The number of nitrogens with zero attached hydrogens (tertiary/aromatic N) is 5. The lowest BCUT2D eigenvalue weighted by atomic mass is 9.81. The van der Waals surface area contributed by atoms with E-state index in [1.54, 1.807) is 17.4 Å². The number of fused-ring (bicyclic) bond motifs is 7. The number of carboxylic acid groups (broad SMARTS) is 1. The molecule has 8 heteroatoms. The second-order valence-electron chi connectivity index (χ2n) is 12.9. The van der Waals surface area contributed by atoms with E-state index in [0.29, 0.717) is 11.5 Å². The van der Waals surface area contributed by atoms with Crippen molar-refractivity contribution in [3.63, 3.8) is 0 Å². The molecule has 3 aromatic heterocycles. The number of hydrogen-bond acceptors (Lipinski definition) is 6. The van der Waals surface area contributed by atoms with Gasteiger partial charge in [-0.05, 0) is 70.5 Å². The predicted octanol–water partition coefficient (Wildman–Crippen LogP) is 7.72. The largest absolute Gasteiger partial charge is 0.478 e. The molecule has 7 rings (SSSR count). The Labute approximate surface area is 263 Å². The second-order valence-corrected chi connectivity index (χ2v) is 14.1. The molecule has 0 radical (unpaired) electrons. The first kappa shape index (κ1) is 29.1. The van der Waals surface area contributed by atoms with Gasteiger partial charge in [0.25, 0.3) is 0 Å². The molecule has 1 aliphatic carbocycles. The normalized spacial score (nSPS) is 16.3. The average Bonchev–Trinajstić information content (AvgIpc) is 3.52. The van der Waals surface area contributed by atoms with E-state index < -0.39 is 5.97 Å². The molecule has 4 heterocycles. The molecule has 0 spiro atoms. The molecule has 0 saturated heterocycles. The lowest BCUT2D eigenvalue weighted by Crippen LogP contribution is -2.35. The van der Waals surface area contributed by atoms with Crippen LogP contribution in [0, 0.1) is 13.8 Å². The molecule has 2 aromatic carbocycles. The Morgan fingerprint density at radius 3 is 2.55 bits per heavy atom. The molecule has 0 bridgehead atoms. The number of aryl methyl sites for hydroxylation is 2. The maximum atomic E-state index is 12.1. The summed E-state index contributed by atoms with van der Waals surface area (Å²) in [5.74, 6) is -0.412. The third kappa shape index (κ3) is 5.23. The molecular weight excluding hydrogens is 566 g/mol. The number of thiazole rings is 1. The van der Waals surface area contributed by atoms with Gasteiger partial charge in [-0.25, -0.2) is 14.8 Å². The second kappa shape index (κ2) is 11.7. The van der Waals surface area contributed by atoms with E-state index in [2.05, 4.69) is 72.6 Å². The Hall–Kier alpha value is -3.59. The topological polar surface area (TPSA) is 74.5 Å². The van der Waals surface area contributed by atoms with Gasteiger partial charge in [-0.2, -0.15) is 0 Å². The first-order chi connectivity index (χ1) is 21.3. The van der Waals surface area contributed by atoms with Gasteiger partial charge >= 0.3 is 5.97 Å². The minimum atomic E-state index is -0.878. The van der Waals surface area contributed by atoms with E-state index in [4.69, 9.17) is 9.97 Å². The van der Waals surface area contributed by atoms with Crippen LogP contribution in [0.5, 0.6) is 0 Å². The molecule has 2 aliphatic rings. The zero-order valence-corrected chi connectivity index (χ0v) is 27.0. The Kier molecular flexibility index (Phi) is 7.77. The van der Waals surface area contributed by atoms with Gasteiger partial charge in [-0.1, -0.05) is 43.5 Å². The predicted molar refractivity (Wildman–Crippen MR) is 180 cm³/mol. The van der Waals surface area contributed by atoms with Crippen molar-refractivity contribution in [1.29, 1.82) is 0 Å². The fraction of sp³-hybridized carbons (Fsp3) is 0.417. The third-order valence-electron chi connectivity index (χ3n) is 9.61. The summed E-state index contributed by atoms with van der Waals surface area (Å²) in [7, 11) is 4.25. The number of carboxylic acids is 1. The molecule has 1 aliphatic heterocycles. The Morgan fingerprint density at radius 2 is 1.82 bits per heavy atom. The fourth-order valence-corrected chi connectivity index (χ4v) is 8.33. The number of likely N-dealkylation sites (N-methyl/N-ethyl adjacent to an activating group) is 1. The van der Waals surface area contributed by atoms with Crippen molar-refractivity contribution in [2.45, 2.75) is 65.0 Å². The third-order valence-corrected chi connectivity index (χ3v) is 10.7. The van der Waals surface area contributed by atoms with Crippen LogP contribution in [0.15, 0.2) is 42.5 Å². The van der Waals surface area contributed by atoms with Gasteiger partial charge in [0.15, 0.2) is 0 Å². The number of carbonyl (C=O) groups is 1. The van der Waals surface area contributed by atoms with Crippen LogP contribution in [0.25, 0.3) is 43.6 Å². The molecule has 0 unspecified atom stereocenters. The molecule has 44 heavy (non-hydrogen) atoms. The number of aromatic nitrogens is 3. The number of hydrogen-bond donors (Lipinski definition) is 1. The Bertz CT molecular complexity index is 1880. The zero-order valence-electron chi connectivity index (χ0n) is 26.2. The van der Waals surface area contributed by atoms with Gasteiger partial charge < -0.3 is 14.6 Å². The minimum Gasteiger partial charge on any atom is -0.478 e. The maximum absolute atomic E-state index is 12.1. The van der Waals surface area contributed by atoms with Crippen molar-refractivity contribution in [2.75, 3.05) is 33.7 Å². The van der Waals surface area contributed by atoms with Crippen LogP contribution >= 0.6 is 11.3 Å². The van der Waals surface area contributed by atoms with E-state index in [-0.39, 0.29) is 0 Å². The lowest BCUT2D eigenvalue weighted by molar-refractivity contribution is 0.0697. The quantitative estimate of drug-likeness (QED) is 0.213. The van der Waals surface area contributed by atoms with Crippen molar-refractivity contribution in [1.82, 2.24) is 24.3 Å². The van der Waals surface area contributed by atoms with E-state index in [0.717, 1.165) is 70.4 Å². The summed E-state index contributed by atoms with van der Waals surface area (Å²) < 4.78 is 2.44. The molecule has 0 atom stereocenters. The standard InChI is InChI=1S/C36H41N5O2S/c1-22-35(44-23(2)37-22)30-15-12-25-10-13-27-29(33(25)38-30)21-40(17-16-39(3)4)18-19-41-31-20-26(36(42)43)11-14-28(31)32(34(27)41)24-8-6-5-7-9-24/h10-15,20,24H,5-9,16-19,21H2,1-4H3,(H,42,43). The average molecular weight is 608 g/mol. The van der Waals surface area contributed by atoms with Gasteiger partial charge in [-0.15, -0.1) is 11.3 Å². The van der Waals surface area contributed by atoms with Gasteiger partial charge in [0.1, 0.15) is 0 Å². The van der Waals surface area contributed by atoms with E-state index in [9.17, 15) is 9.90 Å². The van der Waals surface area contributed by atoms with E-state index in [1.807, 2.05) is 6.07 Å². The van der Waals surface area contributed by atoms with E-state index in [1.165, 1.54) is 59.9 Å². The molecule has 228 valence electrons. The number of pyridine rings is 1. The van der Waals surface area contributed by atoms with Crippen molar-refractivity contribution in [3.8, 4) is 21.8 Å². The van der Waals surface area contributed by atoms with Crippen LogP contribution < -0.4 is 0 Å². The molecule has 1 N–H and O–H groups in total. The van der Waals surface area contributed by atoms with Crippen LogP contribution in [0.3, 0.4) is 0 Å². The lowest BCUT2D eigenvalue weighted by Gasteiger charge is -2.31. The molecule has 1 fully saturated rings. The van der Waals surface area contributed by atoms with Crippen molar-refractivity contribution >= 4 is 39.1 Å². The van der Waals surface area contributed by atoms with Gasteiger partial charge in [-0.3, -0.25) is 4.90 Å². The first-order valence-corrected chi connectivity index (χ1v) is 16.7. The molecule has 5 aromatic rings. The monoisotopic (exact) mass is 607 g/mol. The minimum absolute atomic E-state index is 0.347. The summed E-state index contributed by atoms with van der Waals surface area (Å²) in [5, 5.41) is 13.4. The van der Waals surface area contributed by atoms with Crippen LogP contribution in [-0.2, 0) is 13.1 Å². The van der Waals surface area contributed by atoms with Gasteiger partial charge in [0.05, 0.1) is 38.0 Å². The highest BCUT2D eigenvalue weighted by atomic mass is 32.1. The van der Waals surface area contributed by atoms with E-state index >= 15 is 0 Å². The highest BCUT2D eigenvalue weighted by Gasteiger charge is 2.30. The van der Waals surface area contributed by atoms with Crippen molar-refractivity contribution < 1.29 is 9.90 Å². The maximum Gasteiger partial charge on any atom is 0.335 e. The summed E-state index contributed by atoms with van der Waals surface area (Å²) in [6.45, 7) is 8.57. The van der Waals surface area contributed by atoms with Crippen LogP contribution in [0.1, 0.15) is 70.2 Å². The summed E-state index contributed by atoms with van der Waals surface area (Å²) in [6.07, 6.45) is 6.13. The van der Waals surface area contributed by atoms with Crippen LogP contribution in [-0.4, -0.2) is 69.1 Å². The molecular formula is C36H41N5O2S. The fourth-order valence-electron chi connectivity index (χ4n) is 7.44. The molecule has 1 saturated carbocycles. The smallest absolute Gasteiger partial charge is 0.335 e. The van der Waals surface area contributed by atoms with Crippen LogP contribution in [0.2, 0.25) is 0 Å². The van der Waals surface area contributed by atoms with Gasteiger partial charge in [0.2, 0.25) is 0 Å². The SMILES string of the molecule is Cc1nc(C)c(-c2ccc3ccc4c(c3n2)CN(CCN(C)C)CCn2c-4c(C3CCCCC3)c3ccc(C(=O)O)cc32)s1. The van der Waals surface area contributed by atoms with Gasteiger partial charge in [0, 0.05) is 60.1 Å². The number of aromatic carboxylic acids is 1. The van der Waals surface area contributed by atoms with Crippen molar-refractivity contribution in [2.24, 2.45) is 0 Å². The molecule has 7 nitrogen and oxygen atoms in total. The summed E-state index contributed by atoms with van der Waals surface area (Å²) >= 11 is 1.71. The zero-order chi connectivity index (χ0) is 30.5. The Balaban J connectivity index is 1.51. The molecule has 0 amide bonds. The summed E-state index contributed by atoms with van der Waals surface area (Å²) in [6, 6.07) is 14.7. The summed E-state index contributed by atoms with van der Waals surface area (Å²) in [5.41, 5.74) is 9.64. The number of benzene rings is 2. The van der Waals surface area contributed by atoms with Crippen molar-refractivity contribution in [3.05, 3.63) is 69.9 Å². The van der Waals surface area contributed by atoms with Crippen LogP contribution in [0.4, 0.5) is 0 Å².